The van der Waals surface area contributed by atoms with E-state index in [1.54, 1.807) is 6.07 Å². The Morgan fingerprint density at radius 3 is 2.35 bits per heavy atom. The Balaban J connectivity index is 2.67. The van der Waals surface area contributed by atoms with Gasteiger partial charge in [-0.3, -0.25) is 9.28 Å². The fourth-order valence-electron chi connectivity index (χ4n) is 3.11. The average molecular weight is 352 g/mol. The number of halogens is 2. The minimum atomic E-state index is -0.351. The smallest absolute Gasteiger partial charge is 0.222 e. The largest absolute Gasteiger partial charge is 0.369 e. The van der Waals surface area contributed by atoms with E-state index in [0.717, 1.165) is 28.1 Å². The minimum absolute atomic E-state index is 0.197. The van der Waals surface area contributed by atoms with Crippen molar-refractivity contribution in [1.82, 2.24) is 4.48 Å². The maximum Gasteiger partial charge on any atom is 0.222 e. The highest BCUT2D eigenvalue weighted by Crippen LogP contribution is 2.42. The van der Waals surface area contributed by atoms with Gasteiger partial charge < -0.3 is 5.73 Å². The molecule has 2 N–H and O–H groups in total. The first-order chi connectivity index (χ1) is 10.6. The number of carbonyl (C=O) groups excluding carboxylic acids is 1. The van der Waals surface area contributed by atoms with Crippen LogP contribution >= 0.6 is 23.2 Å². The number of rotatable bonds is 4. The van der Waals surface area contributed by atoms with E-state index in [2.05, 4.69) is 0 Å². The van der Waals surface area contributed by atoms with Crippen molar-refractivity contribution in [2.45, 2.75) is 20.3 Å². The van der Waals surface area contributed by atoms with Crippen molar-refractivity contribution < 1.29 is 4.79 Å². The van der Waals surface area contributed by atoms with E-state index in [4.69, 9.17) is 28.9 Å². The highest BCUT2D eigenvalue weighted by molar-refractivity contribution is 6.36. The van der Waals surface area contributed by atoms with Crippen LogP contribution in [-0.2, 0) is 11.2 Å². The fraction of sp³-hybridized carbons (Fsp3) is 0.278. The van der Waals surface area contributed by atoms with Crippen LogP contribution < -0.4 is 10.2 Å². The molecule has 0 saturated carbocycles. The summed E-state index contributed by atoms with van der Waals surface area (Å²) in [5.41, 5.74) is 10.3. The molecule has 2 aromatic carbocycles. The second-order valence-electron chi connectivity index (χ2n) is 6.28. The third-order valence-corrected chi connectivity index (χ3v) is 4.49. The van der Waals surface area contributed by atoms with Crippen molar-refractivity contribution in [2.75, 3.05) is 14.1 Å². The molecule has 1 amide bonds. The molecule has 0 bridgehead atoms. The molecule has 3 nitrogen and oxygen atoms in total. The van der Waals surface area contributed by atoms with Crippen LogP contribution in [0.3, 0.4) is 0 Å². The summed E-state index contributed by atoms with van der Waals surface area (Å²) in [6.45, 7) is 3.98. The molecule has 2 rings (SSSR count). The van der Waals surface area contributed by atoms with Gasteiger partial charge in [0.15, 0.2) is 5.69 Å². The van der Waals surface area contributed by atoms with Crippen molar-refractivity contribution >= 4 is 40.5 Å². The van der Waals surface area contributed by atoms with Crippen LogP contribution in [0.4, 0.5) is 11.4 Å². The predicted octanol–water partition coefficient (Wildman–Crippen LogP) is 4.54. The van der Waals surface area contributed by atoms with Gasteiger partial charge in [-0.2, -0.15) is 0 Å². The topological polar surface area (TPSA) is 43.1 Å². The minimum Gasteiger partial charge on any atom is -0.369 e. The Morgan fingerprint density at radius 1 is 1.13 bits per heavy atom. The third kappa shape index (κ3) is 3.69. The van der Waals surface area contributed by atoms with Crippen molar-refractivity contribution in [3.63, 3.8) is 0 Å². The zero-order valence-electron chi connectivity index (χ0n) is 13.8. The lowest BCUT2D eigenvalue weighted by Gasteiger charge is -2.32. The van der Waals surface area contributed by atoms with Gasteiger partial charge in [-0.25, -0.2) is 0 Å². The number of nitrogens with zero attached hydrogens (tertiary/aromatic N) is 1. The summed E-state index contributed by atoms with van der Waals surface area (Å²) in [6.07, 6.45) is 0.197. The molecular formula is C18H21Cl2N2O+. The number of amides is 1. The van der Waals surface area contributed by atoms with Crippen molar-refractivity contribution in [3.05, 3.63) is 57.1 Å². The number of benzene rings is 2. The summed E-state index contributed by atoms with van der Waals surface area (Å²) >= 11 is 12.6. The molecule has 0 unspecified atom stereocenters. The highest BCUT2D eigenvalue weighted by Gasteiger charge is 2.30. The van der Waals surface area contributed by atoms with E-state index in [1.807, 2.05) is 52.2 Å². The van der Waals surface area contributed by atoms with Gasteiger partial charge in [0, 0.05) is 22.2 Å². The van der Waals surface area contributed by atoms with Crippen LogP contribution in [0, 0.1) is 13.8 Å². The van der Waals surface area contributed by atoms with Crippen LogP contribution in [0.5, 0.6) is 0 Å². The van der Waals surface area contributed by atoms with Gasteiger partial charge in [-0.1, -0.05) is 34.8 Å². The molecule has 0 aliphatic carbocycles. The van der Waals surface area contributed by atoms with Gasteiger partial charge in [-0.05, 0) is 32.0 Å². The Hall–Kier alpha value is -1.55. The molecule has 5 heteroatoms. The van der Waals surface area contributed by atoms with Crippen molar-refractivity contribution in [1.29, 1.82) is 0 Å². The van der Waals surface area contributed by atoms with Crippen LogP contribution in [0.1, 0.15) is 16.7 Å². The van der Waals surface area contributed by atoms with Gasteiger partial charge in [0.05, 0.1) is 20.5 Å². The predicted molar refractivity (Wildman–Crippen MR) is 98.6 cm³/mol. The number of aryl methyl sites for hydroxylation is 2. The number of hydrogen-bond donors (Lipinski definition) is 1. The van der Waals surface area contributed by atoms with Crippen molar-refractivity contribution in [3.8, 4) is 0 Å². The molecule has 0 aliphatic heterocycles. The lowest BCUT2D eigenvalue weighted by Crippen LogP contribution is -2.36. The van der Waals surface area contributed by atoms with Gasteiger partial charge >= 0.3 is 0 Å². The van der Waals surface area contributed by atoms with E-state index in [1.165, 1.54) is 0 Å². The van der Waals surface area contributed by atoms with Crippen LogP contribution in [-0.4, -0.2) is 20.0 Å². The Morgan fingerprint density at radius 2 is 1.78 bits per heavy atom. The zero-order chi connectivity index (χ0) is 17.4. The standard InChI is InChI=1S/C18H20Cl2N2O/c1-11-5-6-16(13(7-11)9-17(21)23)22(3,4)18-12(2)8-14(19)10-15(18)20/h5-8,10H,9H2,1-4H3,(H-,21,23)/p+1. The first kappa shape index (κ1) is 17.8. The Bertz CT molecular complexity index is 747. The van der Waals surface area contributed by atoms with Gasteiger partial charge in [0.25, 0.3) is 0 Å². The normalized spacial score (nSPS) is 11.6. The molecule has 0 saturated heterocycles. The van der Waals surface area contributed by atoms with Crippen LogP contribution in [0.2, 0.25) is 10.0 Å². The van der Waals surface area contributed by atoms with Gasteiger partial charge in [0.2, 0.25) is 5.91 Å². The van der Waals surface area contributed by atoms with E-state index in [9.17, 15) is 4.79 Å². The quantitative estimate of drug-likeness (QED) is 0.807. The fourth-order valence-corrected chi connectivity index (χ4v) is 3.92. The molecule has 0 atom stereocenters. The molecule has 0 fully saturated rings. The number of hydrogen-bond acceptors (Lipinski definition) is 1. The number of nitrogens with two attached hydrogens (primary N) is 1. The maximum atomic E-state index is 11.4. The second kappa shape index (κ2) is 6.52. The molecule has 23 heavy (non-hydrogen) atoms. The molecular weight excluding hydrogens is 331 g/mol. The molecule has 2 aromatic rings. The van der Waals surface area contributed by atoms with E-state index in [0.29, 0.717) is 14.5 Å². The summed E-state index contributed by atoms with van der Waals surface area (Å²) in [5, 5.41) is 1.21. The van der Waals surface area contributed by atoms with Gasteiger partial charge in [-0.15, -0.1) is 0 Å². The van der Waals surface area contributed by atoms with Gasteiger partial charge in [0.1, 0.15) is 10.7 Å². The molecule has 0 radical (unpaired) electrons. The SMILES string of the molecule is Cc1ccc([N+](C)(C)c2c(C)cc(Cl)cc2Cl)c(CC(N)=O)c1. The lowest BCUT2D eigenvalue weighted by atomic mass is 10.0. The monoisotopic (exact) mass is 351 g/mol. The highest BCUT2D eigenvalue weighted by atomic mass is 35.5. The Kier molecular flexibility index (Phi) is 5.04. The zero-order valence-corrected chi connectivity index (χ0v) is 15.3. The summed E-state index contributed by atoms with van der Waals surface area (Å²) in [4.78, 5) is 11.4. The molecule has 0 aromatic heterocycles. The van der Waals surface area contributed by atoms with Crippen LogP contribution in [0.15, 0.2) is 30.3 Å². The number of quaternary nitrogens is 1. The van der Waals surface area contributed by atoms with E-state index in [-0.39, 0.29) is 12.3 Å². The van der Waals surface area contributed by atoms with Crippen LogP contribution in [0.25, 0.3) is 0 Å². The molecule has 0 heterocycles. The molecule has 122 valence electrons. The first-order valence-electron chi connectivity index (χ1n) is 7.31. The second-order valence-corrected chi connectivity index (χ2v) is 7.13. The Labute approximate surface area is 147 Å². The third-order valence-electron chi connectivity index (χ3n) is 3.98. The number of primary amides is 1. The number of carbonyl (C=O) groups is 1. The molecule has 0 aliphatic rings. The summed E-state index contributed by atoms with van der Waals surface area (Å²) in [6, 6.07) is 9.69. The lowest BCUT2D eigenvalue weighted by molar-refractivity contribution is -0.117. The average Bonchev–Trinajstić information content (AvgIpc) is 2.35. The van der Waals surface area contributed by atoms with E-state index >= 15 is 0 Å². The van der Waals surface area contributed by atoms with Crippen molar-refractivity contribution in [2.24, 2.45) is 5.73 Å². The summed E-state index contributed by atoms with van der Waals surface area (Å²) < 4.78 is 0.407. The summed E-state index contributed by atoms with van der Waals surface area (Å²) in [5.74, 6) is -0.351. The maximum absolute atomic E-state index is 11.4. The summed E-state index contributed by atoms with van der Waals surface area (Å²) in [7, 11) is 4.08. The van der Waals surface area contributed by atoms with E-state index < -0.39 is 0 Å². The molecule has 0 spiro atoms. The first-order valence-corrected chi connectivity index (χ1v) is 8.07.